The molecule has 0 heterocycles. The number of amides is 1. The van der Waals surface area contributed by atoms with Gasteiger partial charge in [-0.1, -0.05) is 30.3 Å². The normalized spacial score (nSPS) is 10.3. The van der Waals surface area contributed by atoms with Crippen molar-refractivity contribution in [1.29, 1.82) is 0 Å². The molecule has 0 unspecified atom stereocenters. The first-order valence-electron chi connectivity index (χ1n) is 8.07. The van der Waals surface area contributed by atoms with Crippen LogP contribution < -0.4 is 10.1 Å². The monoisotopic (exact) mass is 347 g/mol. The quantitative estimate of drug-likeness (QED) is 0.420. The summed E-state index contributed by atoms with van der Waals surface area (Å²) in [5, 5.41) is 4.53. The van der Waals surface area contributed by atoms with Crippen molar-refractivity contribution >= 4 is 33.9 Å². The fourth-order valence-corrected chi connectivity index (χ4v) is 2.57. The molecule has 26 heavy (non-hydrogen) atoms. The van der Waals surface area contributed by atoms with E-state index >= 15 is 0 Å². The number of methoxy groups -OCH3 is 1. The minimum atomic E-state index is -0.804. The Hall–Kier alpha value is -3.47. The molecule has 0 atom stereocenters. The van der Waals surface area contributed by atoms with Crippen molar-refractivity contribution < 1.29 is 19.1 Å². The van der Waals surface area contributed by atoms with Crippen LogP contribution in [0.3, 0.4) is 0 Å². The van der Waals surface area contributed by atoms with Crippen LogP contribution in [0.1, 0.15) is 16.8 Å². The van der Waals surface area contributed by atoms with Gasteiger partial charge in [0, 0.05) is 11.3 Å². The number of fused-ring (bicyclic) bond motifs is 1. The zero-order chi connectivity index (χ0) is 18.5. The number of benzene rings is 3. The topological polar surface area (TPSA) is 72.5 Å². The second-order valence-electron chi connectivity index (χ2n) is 5.77. The molecule has 1 amide bonds. The maximum absolute atomic E-state index is 12.1. The first-order valence-corrected chi connectivity index (χ1v) is 8.07. The fraction of sp³-hybridized carbons (Fsp3) is 0.0952. The van der Waals surface area contributed by atoms with Gasteiger partial charge in [-0.05, 0) is 47.2 Å². The van der Waals surface area contributed by atoms with Gasteiger partial charge in [0.2, 0.25) is 5.78 Å². The molecule has 5 nitrogen and oxygen atoms in total. The smallest absolute Gasteiger partial charge is 0.292 e. The summed E-state index contributed by atoms with van der Waals surface area (Å²) in [5.41, 5.74) is 0.872. The highest BCUT2D eigenvalue weighted by Crippen LogP contribution is 2.19. The van der Waals surface area contributed by atoms with Crippen molar-refractivity contribution in [2.75, 3.05) is 12.4 Å². The fourth-order valence-electron chi connectivity index (χ4n) is 2.57. The number of nitrogens with one attached hydrogen (secondary N) is 1. The molecule has 3 aromatic carbocycles. The molecule has 0 radical (unpaired) electrons. The average molecular weight is 347 g/mol. The molecule has 3 aromatic rings. The summed E-state index contributed by atoms with van der Waals surface area (Å²) in [6, 6.07) is 19.5. The van der Waals surface area contributed by atoms with Gasteiger partial charge in [0.1, 0.15) is 5.75 Å². The molecule has 1 N–H and O–H groups in total. The van der Waals surface area contributed by atoms with E-state index < -0.39 is 23.9 Å². The molecule has 0 bridgehead atoms. The minimum Gasteiger partial charge on any atom is -0.497 e. The Morgan fingerprint density at radius 3 is 2.27 bits per heavy atom. The highest BCUT2D eigenvalue weighted by Gasteiger charge is 2.19. The summed E-state index contributed by atoms with van der Waals surface area (Å²) in [6.45, 7) is 0. The van der Waals surface area contributed by atoms with Crippen molar-refractivity contribution in [3.05, 3.63) is 72.3 Å². The Labute approximate surface area is 150 Å². The predicted octanol–water partition coefficient (Wildman–Crippen LogP) is 3.63. The summed E-state index contributed by atoms with van der Waals surface area (Å²) in [7, 11) is 1.53. The van der Waals surface area contributed by atoms with Crippen molar-refractivity contribution in [2.24, 2.45) is 0 Å². The van der Waals surface area contributed by atoms with Crippen molar-refractivity contribution in [3.8, 4) is 5.75 Å². The molecule has 0 saturated heterocycles. The zero-order valence-corrected chi connectivity index (χ0v) is 14.2. The van der Waals surface area contributed by atoms with Gasteiger partial charge >= 0.3 is 0 Å². The highest BCUT2D eigenvalue weighted by molar-refractivity contribution is 6.44. The molecular formula is C21H17NO4. The summed E-state index contributed by atoms with van der Waals surface area (Å²) in [5.74, 6) is -1.38. The summed E-state index contributed by atoms with van der Waals surface area (Å²) in [4.78, 5) is 36.3. The lowest BCUT2D eigenvalue weighted by atomic mass is 10.1. The van der Waals surface area contributed by atoms with E-state index in [1.54, 1.807) is 36.4 Å². The van der Waals surface area contributed by atoms with Gasteiger partial charge in [-0.15, -0.1) is 0 Å². The van der Waals surface area contributed by atoms with Crippen LogP contribution in [0, 0.1) is 0 Å². The Bertz CT molecular complexity index is 977. The second-order valence-corrected chi connectivity index (χ2v) is 5.77. The van der Waals surface area contributed by atoms with Gasteiger partial charge in [-0.2, -0.15) is 0 Å². The second kappa shape index (κ2) is 7.61. The van der Waals surface area contributed by atoms with Gasteiger partial charge < -0.3 is 10.1 Å². The Morgan fingerprint density at radius 2 is 1.58 bits per heavy atom. The number of rotatable bonds is 6. The predicted molar refractivity (Wildman–Crippen MR) is 99.5 cm³/mol. The number of carbonyl (C=O) groups is 3. The van der Waals surface area contributed by atoms with E-state index in [9.17, 15) is 14.4 Å². The molecule has 130 valence electrons. The highest BCUT2D eigenvalue weighted by atomic mass is 16.5. The molecule has 0 aliphatic heterocycles. The molecule has 0 fully saturated rings. The standard InChI is InChI=1S/C21H17NO4/c1-26-18-10-7-15(8-11-18)19(23)13-20(24)21(25)22-17-9-6-14-4-2-3-5-16(14)12-17/h2-12H,13H2,1H3,(H,22,25). The molecule has 0 spiro atoms. The minimum absolute atomic E-state index is 0.359. The molecule has 3 rings (SSSR count). The van der Waals surface area contributed by atoms with Crippen LogP contribution in [0.4, 0.5) is 5.69 Å². The van der Waals surface area contributed by atoms with Gasteiger partial charge in [-0.25, -0.2) is 0 Å². The first kappa shape index (κ1) is 17.4. The number of Topliss-reactive ketones (excluding diaryl/α,β-unsaturated/α-hetero) is 2. The van der Waals surface area contributed by atoms with Gasteiger partial charge in [-0.3, -0.25) is 14.4 Å². The summed E-state index contributed by atoms with van der Waals surface area (Å²) >= 11 is 0. The van der Waals surface area contributed by atoms with E-state index in [1.807, 2.05) is 30.3 Å². The first-order chi connectivity index (χ1) is 12.6. The third kappa shape index (κ3) is 3.95. The number of hydrogen-bond acceptors (Lipinski definition) is 4. The number of ether oxygens (including phenoxy) is 1. The lowest BCUT2D eigenvalue weighted by Crippen LogP contribution is -2.25. The van der Waals surface area contributed by atoms with Crippen LogP contribution in [-0.4, -0.2) is 24.6 Å². The molecule has 0 aliphatic carbocycles. The molecule has 0 aromatic heterocycles. The number of hydrogen-bond donors (Lipinski definition) is 1. The third-order valence-electron chi connectivity index (χ3n) is 3.99. The van der Waals surface area contributed by atoms with Crippen LogP contribution in [0.2, 0.25) is 0 Å². The largest absolute Gasteiger partial charge is 0.497 e. The van der Waals surface area contributed by atoms with Crippen molar-refractivity contribution in [1.82, 2.24) is 0 Å². The van der Waals surface area contributed by atoms with Crippen LogP contribution >= 0.6 is 0 Å². The molecule has 0 aliphatic rings. The van der Waals surface area contributed by atoms with Gasteiger partial charge in [0.05, 0.1) is 13.5 Å². The number of ketones is 2. The third-order valence-corrected chi connectivity index (χ3v) is 3.99. The molecular weight excluding hydrogens is 330 g/mol. The lowest BCUT2D eigenvalue weighted by Gasteiger charge is -2.06. The van der Waals surface area contributed by atoms with Crippen molar-refractivity contribution in [3.63, 3.8) is 0 Å². The summed E-state index contributed by atoms with van der Waals surface area (Å²) < 4.78 is 5.02. The Balaban J connectivity index is 1.64. The van der Waals surface area contributed by atoms with Crippen LogP contribution in [-0.2, 0) is 9.59 Å². The average Bonchev–Trinajstić information content (AvgIpc) is 2.67. The SMILES string of the molecule is COc1ccc(C(=O)CC(=O)C(=O)Nc2ccc3ccccc3c2)cc1. The Kier molecular flexibility index (Phi) is 5.08. The van der Waals surface area contributed by atoms with E-state index in [2.05, 4.69) is 5.32 Å². The van der Waals surface area contributed by atoms with Crippen molar-refractivity contribution in [2.45, 2.75) is 6.42 Å². The van der Waals surface area contributed by atoms with Crippen LogP contribution in [0.25, 0.3) is 10.8 Å². The Morgan fingerprint density at radius 1 is 0.885 bits per heavy atom. The van der Waals surface area contributed by atoms with E-state index in [-0.39, 0.29) is 0 Å². The molecule has 5 heteroatoms. The van der Waals surface area contributed by atoms with Crippen LogP contribution in [0.15, 0.2) is 66.7 Å². The van der Waals surface area contributed by atoms with Gasteiger partial charge in [0.25, 0.3) is 5.91 Å². The summed E-state index contributed by atoms with van der Waals surface area (Å²) in [6.07, 6.45) is -0.480. The molecule has 0 saturated carbocycles. The van der Waals surface area contributed by atoms with E-state index in [1.165, 1.54) is 7.11 Å². The van der Waals surface area contributed by atoms with E-state index in [4.69, 9.17) is 4.74 Å². The zero-order valence-electron chi connectivity index (χ0n) is 14.2. The maximum atomic E-state index is 12.1. The maximum Gasteiger partial charge on any atom is 0.292 e. The number of carbonyl (C=O) groups excluding carboxylic acids is 3. The van der Waals surface area contributed by atoms with Gasteiger partial charge in [0.15, 0.2) is 5.78 Å². The van der Waals surface area contributed by atoms with Crippen LogP contribution in [0.5, 0.6) is 5.75 Å². The lowest BCUT2D eigenvalue weighted by molar-refractivity contribution is -0.134. The number of anilines is 1. The van der Waals surface area contributed by atoms with E-state index in [0.717, 1.165) is 10.8 Å². The van der Waals surface area contributed by atoms with E-state index in [0.29, 0.717) is 17.0 Å².